The van der Waals surface area contributed by atoms with Gasteiger partial charge in [-0.05, 0) is 28.8 Å². The molecule has 0 spiro atoms. The van der Waals surface area contributed by atoms with Gasteiger partial charge in [-0.3, -0.25) is 0 Å². The third kappa shape index (κ3) is 2.93. The van der Waals surface area contributed by atoms with Gasteiger partial charge in [0.2, 0.25) is 0 Å². The van der Waals surface area contributed by atoms with Crippen molar-refractivity contribution in [2.24, 2.45) is 0 Å². The lowest BCUT2D eigenvalue weighted by atomic mass is 10.0. The number of rotatable bonds is 2. The summed E-state index contributed by atoms with van der Waals surface area (Å²) in [6.07, 6.45) is -4.30. The van der Waals surface area contributed by atoms with Crippen molar-refractivity contribution in [2.75, 3.05) is 0 Å². The van der Waals surface area contributed by atoms with Crippen molar-refractivity contribution in [3.63, 3.8) is 0 Å². The van der Waals surface area contributed by atoms with Crippen molar-refractivity contribution < 1.29 is 13.2 Å². The van der Waals surface area contributed by atoms with Crippen molar-refractivity contribution in [3.05, 3.63) is 59.7 Å². The Morgan fingerprint density at radius 2 is 1.56 bits per heavy atom. The number of halogens is 4. The summed E-state index contributed by atoms with van der Waals surface area (Å²) in [4.78, 5) is 0. The molecule has 0 aliphatic rings. The maximum Gasteiger partial charge on any atom is 0.416 e. The molecule has 0 atom stereocenters. The fourth-order valence-corrected chi connectivity index (χ4v) is 2.04. The molecule has 94 valence electrons. The minimum Gasteiger partial charge on any atom is -0.166 e. The summed E-state index contributed by atoms with van der Waals surface area (Å²) in [6.45, 7) is 0. The van der Waals surface area contributed by atoms with Gasteiger partial charge in [0.1, 0.15) is 0 Å². The van der Waals surface area contributed by atoms with Crippen molar-refractivity contribution >= 4 is 15.9 Å². The zero-order valence-electron chi connectivity index (χ0n) is 9.34. The minimum absolute atomic E-state index is 0.575. The largest absolute Gasteiger partial charge is 0.416 e. The van der Waals surface area contributed by atoms with Gasteiger partial charge in [-0.15, -0.1) is 0 Å². The first-order chi connectivity index (χ1) is 8.50. The van der Waals surface area contributed by atoms with Gasteiger partial charge < -0.3 is 0 Å². The van der Waals surface area contributed by atoms with E-state index in [9.17, 15) is 13.2 Å². The number of hydrogen-bond acceptors (Lipinski definition) is 0. The van der Waals surface area contributed by atoms with Gasteiger partial charge in [-0.1, -0.05) is 52.3 Å². The molecule has 2 rings (SSSR count). The summed E-state index contributed by atoms with van der Waals surface area (Å²) < 4.78 is 37.8. The number of alkyl halides is 4. The lowest BCUT2D eigenvalue weighted by Gasteiger charge is -2.09. The van der Waals surface area contributed by atoms with Crippen molar-refractivity contribution in [1.82, 2.24) is 0 Å². The van der Waals surface area contributed by atoms with E-state index in [0.717, 1.165) is 22.5 Å². The van der Waals surface area contributed by atoms with Gasteiger partial charge in [0.25, 0.3) is 0 Å². The molecule has 18 heavy (non-hydrogen) atoms. The standard InChI is InChI=1S/C14H10BrF3/c15-9-10-4-6-11(7-5-10)12-2-1-3-13(8-12)14(16,17)18/h1-8H,9H2. The van der Waals surface area contributed by atoms with Crippen LogP contribution in [0.15, 0.2) is 48.5 Å². The average molecular weight is 315 g/mol. The maximum absolute atomic E-state index is 12.6. The molecule has 0 aliphatic heterocycles. The van der Waals surface area contributed by atoms with E-state index in [1.165, 1.54) is 12.1 Å². The van der Waals surface area contributed by atoms with Crippen LogP contribution in [0.4, 0.5) is 13.2 Å². The second-order valence-electron chi connectivity index (χ2n) is 3.91. The molecule has 0 unspecified atom stereocenters. The SMILES string of the molecule is FC(F)(F)c1cccc(-c2ccc(CBr)cc2)c1. The number of benzene rings is 2. The van der Waals surface area contributed by atoms with E-state index in [4.69, 9.17) is 0 Å². The van der Waals surface area contributed by atoms with Gasteiger partial charge in [0, 0.05) is 5.33 Å². The Hall–Kier alpha value is -1.29. The smallest absolute Gasteiger partial charge is 0.166 e. The van der Waals surface area contributed by atoms with Gasteiger partial charge in [-0.25, -0.2) is 0 Å². The van der Waals surface area contributed by atoms with Crippen LogP contribution < -0.4 is 0 Å². The maximum atomic E-state index is 12.6. The van der Waals surface area contributed by atoms with Crippen molar-refractivity contribution in [2.45, 2.75) is 11.5 Å². The molecule has 0 nitrogen and oxygen atoms in total. The summed E-state index contributed by atoms with van der Waals surface area (Å²) in [6, 6.07) is 12.8. The predicted molar refractivity (Wildman–Crippen MR) is 69.5 cm³/mol. The molecule has 4 heteroatoms. The van der Waals surface area contributed by atoms with Crippen LogP contribution in [0, 0.1) is 0 Å². The fraction of sp³-hybridized carbons (Fsp3) is 0.143. The normalized spacial score (nSPS) is 11.6. The topological polar surface area (TPSA) is 0 Å². The second-order valence-corrected chi connectivity index (χ2v) is 4.47. The Labute approximate surface area is 112 Å². The Kier molecular flexibility index (Phi) is 3.76. The van der Waals surface area contributed by atoms with Crippen LogP contribution in [-0.2, 0) is 11.5 Å². The van der Waals surface area contributed by atoms with Crippen LogP contribution >= 0.6 is 15.9 Å². The second kappa shape index (κ2) is 5.14. The molecular formula is C14H10BrF3. The Bertz CT molecular complexity index is 529. The summed E-state index contributed by atoms with van der Waals surface area (Å²) >= 11 is 3.33. The van der Waals surface area contributed by atoms with E-state index in [1.807, 2.05) is 24.3 Å². The Morgan fingerprint density at radius 3 is 2.11 bits per heavy atom. The van der Waals surface area contributed by atoms with Crippen LogP contribution in [0.25, 0.3) is 11.1 Å². The average Bonchev–Trinajstić information content (AvgIpc) is 2.38. The Morgan fingerprint density at radius 1 is 0.889 bits per heavy atom. The third-order valence-corrected chi connectivity index (χ3v) is 3.28. The van der Waals surface area contributed by atoms with Crippen LogP contribution in [-0.4, -0.2) is 0 Å². The Balaban J connectivity index is 2.38. The molecule has 0 fully saturated rings. The number of hydrogen-bond donors (Lipinski definition) is 0. The molecule has 0 saturated carbocycles. The first-order valence-corrected chi connectivity index (χ1v) is 6.45. The predicted octanol–water partition coefficient (Wildman–Crippen LogP) is 5.27. The fourth-order valence-electron chi connectivity index (χ4n) is 1.66. The van der Waals surface area contributed by atoms with E-state index in [1.54, 1.807) is 6.07 Å². The lowest BCUT2D eigenvalue weighted by Crippen LogP contribution is -2.04. The first-order valence-electron chi connectivity index (χ1n) is 5.33. The van der Waals surface area contributed by atoms with E-state index in [0.29, 0.717) is 5.56 Å². The molecule has 0 amide bonds. The van der Waals surface area contributed by atoms with Crippen LogP contribution in [0.2, 0.25) is 0 Å². The molecule has 0 aromatic heterocycles. The van der Waals surface area contributed by atoms with E-state index < -0.39 is 11.7 Å². The quantitative estimate of drug-likeness (QED) is 0.663. The molecule has 0 aliphatic carbocycles. The molecule has 0 radical (unpaired) electrons. The van der Waals surface area contributed by atoms with Gasteiger partial charge in [0.05, 0.1) is 5.56 Å². The highest BCUT2D eigenvalue weighted by Crippen LogP contribution is 2.32. The van der Waals surface area contributed by atoms with Gasteiger partial charge >= 0.3 is 6.18 Å². The summed E-state index contributed by atoms with van der Waals surface area (Å²) in [5, 5.41) is 0.732. The molecule has 0 heterocycles. The summed E-state index contributed by atoms with van der Waals surface area (Å²) in [7, 11) is 0. The summed E-state index contributed by atoms with van der Waals surface area (Å²) in [5.74, 6) is 0. The third-order valence-electron chi connectivity index (χ3n) is 2.63. The summed E-state index contributed by atoms with van der Waals surface area (Å²) in [5.41, 5.74) is 1.83. The van der Waals surface area contributed by atoms with Crippen LogP contribution in [0.5, 0.6) is 0 Å². The molecule has 0 saturated heterocycles. The zero-order chi connectivity index (χ0) is 13.2. The lowest BCUT2D eigenvalue weighted by molar-refractivity contribution is -0.137. The molecule has 2 aromatic rings. The highest BCUT2D eigenvalue weighted by atomic mass is 79.9. The minimum atomic E-state index is -4.30. The molecular weight excluding hydrogens is 305 g/mol. The monoisotopic (exact) mass is 314 g/mol. The van der Waals surface area contributed by atoms with E-state index in [2.05, 4.69) is 15.9 Å². The molecule has 0 N–H and O–H groups in total. The first kappa shape index (κ1) is 13.1. The van der Waals surface area contributed by atoms with E-state index in [-0.39, 0.29) is 0 Å². The van der Waals surface area contributed by atoms with Crippen LogP contribution in [0.3, 0.4) is 0 Å². The molecule has 2 aromatic carbocycles. The van der Waals surface area contributed by atoms with Gasteiger partial charge in [0.15, 0.2) is 0 Å². The zero-order valence-corrected chi connectivity index (χ0v) is 10.9. The van der Waals surface area contributed by atoms with E-state index >= 15 is 0 Å². The van der Waals surface area contributed by atoms with Crippen molar-refractivity contribution in [1.29, 1.82) is 0 Å². The highest BCUT2D eigenvalue weighted by Gasteiger charge is 2.30. The van der Waals surface area contributed by atoms with Crippen LogP contribution in [0.1, 0.15) is 11.1 Å². The van der Waals surface area contributed by atoms with Gasteiger partial charge in [-0.2, -0.15) is 13.2 Å². The van der Waals surface area contributed by atoms with Crippen molar-refractivity contribution in [3.8, 4) is 11.1 Å². The highest BCUT2D eigenvalue weighted by molar-refractivity contribution is 9.08. The molecule has 0 bridgehead atoms.